The number of likely N-dealkylation sites (tertiary alicyclic amines) is 1. The molecule has 0 radical (unpaired) electrons. The van der Waals surface area contributed by atoms with Crippen molar-refractivity contribution in [2.24, 2.45) is 0 Å². The monoisotopic (exact) mass is 214 g/mol. The first kappa shape index (κ1) is 12.5. The largest absolute Gasteiger partial charge is 0.480 e. The van der Waals surface area contributed by atoms with Crippen molar-refractivity contribution in [1.82, 2.24) is 10.2 Å². The molecule has 0 aromatic carbocycles. The first-order valence-corrected chi connectivity index (χ1v) is 5.84. The summed E-state index contributed by atoms with van der Waals surface area (Å²) in [5.74, 6) is -0.731. The number of hydrogen-bond acceptors (Lipinski definition) is 3. The number of nitrogens with one attached hydrogen (secondary N) is 1. The van der Waals surface area contributed by atoms with Crippen LogP contribution in [0.25, 0.3) is 0 Å². The molecule has 1 rings (SSSR count). The molecule has 15 heavy (non-hydrogen) atoms. The summed E-state index contributed by atoms with van der Waals surface area (Å²) in [4.78, 5) is 13.4. The lowest BCUT2D eigenvalue weighted by molar-refractivity contribution is -0.141. The summed E-state index contributed by atoms with van der Waals surface area (Å²) in [7, 11) is 1.73. The zero-order valence-corrected chi connectivity index (χ0v) is 9.70. The zero-order valence-electron chi connectivity index (χ0n) is 9.70. The molecule has 1 heterocycles. The molecule has 1 aliphatic rings. The summed E-state index contributed by atoms with van der Waals surface area (Å²) in [6.07, 6.45) is 4.44. The van der Waals surface area contributed by atoms with E-state index < -0.39 is 12.0 Å². The second kappa shape index (κ2) is 6.08. The Bertz CT molecular complexity index is 207. The third-order valence-corrected chi connectivity index (χ3v) is 3.14. The van der Waals surface area contributed by atoms with Crippen LogP contribution in [0.2, 0.25) is 0 Å². The first-order valence-electron chi connectivity index (χ1n) is 5.84. The molecule has 2 atom stereocenters. The Balaban J connectivity index is 2.64. The molecule has 1 saturated heterocycles. The van der Waals surface area contributed by atoms with E-state index in [2.05, 4.69) is 17.1 Å². The Kier molecular flexibility index (Phi) is 5.05. The van der Waals surface area contributed by atoms with Crippen molar-refractivity contribution in [2.45, 2.75) is 44.7 Å². The van der Waals surface area contributed by atoms with Crippen LogP contribution in [0, 0.1) is 0 Å². The summed E-state index contributed by atoms with van der Waals surface area (Å²) < 4.78 is 0. The lowest BCUT2D eigenvalue weighted by atomic mass is 9.95. The van der Waals surface area contributed by atoms with Gasteiger partial charge in [0.25, 0.3) is 0 Å². The second-order valence-corrected chi connectivity index (χ2v) is 4.20. The number of nitrogens with zero attached hydrogens (tertiary/aromatic N) is 1. The molecule has 0 saturated carbocycles. The van der Waals surface area contributed by atoms with Gasteiger partial charge in [-0.15, -0.1) is 0 Å². The highest BCUT2D eigenvalue weighted by molar-refractivity contribution is 5.74. The van der Waals surface area contributed by atoms with Crippen LogP contribution >= 0.6 is 0 Å². The number of rotatable bonds is 5. The Labute approximate surface area is 91.6 Å². The minimum Gasteiger partial charge on any atom is -0.480 e. The van der Waals surface area contributed by atoms with Crippen molar-refractivity contribution >= 4 is 5.97 Å². The van der Waals surface area contributed by atoms with Gasteiger partial charge in [-0.05, 0) is 39.4 Å². The standard InChI is InChI=1S/C11H22N2O2/c1-3-7-13-8-5-4-6-9(13)10(12-2)11(14)15/h9-10,12H,3-8H2,1-2H3,(H,14,15). The molecule has 1 aliphatic heterocycles. The Morgan fingerprint density at radius 1 is 1.60 bits per heavy atom. The van der Waals surface area contributed by atoms with E-state index in [-0.39, 0.29) is 6.04 Å². The Hall–Kier alpha value is -0.610. The van der Waals surface area contributed by atoms with Crippen molar-refractivity contribution in [3.05, 3.63) is 0 Å². The second-order valence-electron chi connectivity index (χ2n) is 4.20. The lowest BCUT2D eigenvalue weighted by Gasteiger charge is -2.38. The van der Waals surface area contributed by atoms with Crippen molar-refractivity contribution in [1.29, 1.82) is 0 Å². The molecule has 0 spiro atoms. The maximum Gasteiger partial charge on any atom is 0.322 e. The van der Waals surface area contributed by atoms with Gasteiger partial charge in [0.1, 0.15) is 6.04 Å². The van der Waals surface area contributed by atoms with Crippen LogP contribution in [0.15, 0.2) is 0 Å². The van der Waals surface area contributed by atoms with E-state index in [0.717, 1.165) is 32.4 Å². The molecule has 0 amide bonds. The van der Waals surface area contributed by atoms with Gasteiger partial charge in [-0.25, -0.2) is 0 Å². The molecule has 1 fully saturated rings. The fourth-order valence-electron chi connectivity index (χ4n) is 2.44. The molecule has 0 aromatic heterocycles. The number of likely N-dealkylation sites (N-methyl/N-ethyl adjacent to an activating group) is 1. The molecule has 4 heteroatoms. The van der Waals surface area contributed by atoms with Crippen LogP contribution in [0.1, 0.15) is 32.6 Å². The number of aliphatic carboxylic acids is 1. The molecule has 0 aliphatic carbocycles. The quantitative estimate of drug-likeness (QED) is 0.714. The molecule has 0 aromatic rings. The summed E-state index contributed by atoms with van der Waals surface area (Å²) in [6, 6.07) is -0.252. The van der Waals surface area contributed by atoms with Crippen molar-refractivity contribution in [3.8, 4) is 0 Å². The van der Waals surface area contributed by atoms with Crippen molar-refractivity contribution in [3.63, 3.8) is 0 Å². The van der Waals surface area contributed by atoms with Crippen LogP contribution < -0.4 is 5.32 Å². The third kappa shape index (κ3) is 3.18. The van der Waals surface area contributed by atoms with Gasteiger partial charge in [0.15, 0.2) is 0 Å². The molecule has 0 bridgehead atoms. The van der Waals surface area contributed by atoms with Gasteiger partial charge in [0.05, 0.1) is 0 Å². The maximum absolute atomic E-state index is 11.1. The van der Waals surface area contributed by atoms with Crippen molar-refractivity contribution < 1.29 is 9.90 Å². The molecule has 88 valence electrons. The van der Waals surface area contributed by atoms with E-state index in [1.165, 1.54) is 6.42 Å². The summed E-state index contributed by atoms with van der Waals surface area (Å²) in [5, 5.41) is 12.0. The van der Waals surface area contributed by atoms with Crippen LogP contribution in [0.5, 0.6) is 0 Å². The number of piperidine rings is 1. The predicted molar refractivity (Wildman–Crippen MR) is 60.0 cm³/mol. The topological polar surface area (TPSA) is 52.6 Å². The van der Waals surface area contributed by atoms with Crippen molar-refractivity contribution in [2.75, 3.05) is 20.1 Å². The highest BCUT2D eigenvalue weighted by Gasteiger charge is 2.32. The van der Waals surface area contributed by atoms with Gasteiger partial charge >= 0.3 is 5.97 Å². The van der Waals surface area contributed by atoms with E-state index >= 15 is 0 Å². The molecular formula is C11H22N2O2. The molecule has 4 nitrogen and oxygen atoms in total. The van der Waals surface area contributed by atoms with Gasteiger partial charge in [-0.3, -0.25) is 9.69 Å². The van der Waals surface area contributed by atoms with E-state index in [1.807, 2.05) is 0 Å². The fraction of sp³-hybridized carbons (Fsp3) is 0.909. The molecule has 2 N–H and O–H groups in total. The minimum absolute atomic E-state index is 0.168. The van der Waals surface area contributed by atoms with Crippen LogP contribution in [0.3, 0.4) is 0 Å². The SMILES string of the molecule is CCCN1CCCCC1C(NC)C(=O)O. The highest BCUT2D eigenvalue weighted by Crippen LogP contribution is 2.20. The summed E-state index contributed by atoms with van der Waals surface area (Å²) in [5.41, 5.74) is 0. The predicted octanol–water partition coefficient (Wildman–Crippen LogP) is 0.923. The van der Waals surface area contributed by atoms with Gasteiger partial charge < -0.3 is 10.4 Å². The minimum atomic E-state index is -0.731. The average molecular weight is 214 g/mol. The van der Waals surface area contributed by atoms with Gasteiger partial charge in [0, 0.05) is 6.04 Å². The van der Waals surface area contributed by atoms with Gasteiger partial charge in [0.2, 0.25) is 0 Å². The van der Waals surface area contributed by atoms with E-state index in [4.69, 9.17) is 5.11 Å². The number of carboxylic acids is 1. The molecule has 2 unspecified atom stereocenters. The smallest absolute Gasteiger partial charge is 0.322 e. The zero-order chi connectivity index (χ0) is 11.3. The van der Waals surface area contributed by atoms with Crippen LogP contribution in [-0.4, -0.2) is 48.2 Å². The Morgan fingerprint density at radius 3 is 2.87 bits per heavy atom. The van der Waals surface area contributed by atoms with Crippen LogP contribution in [0.4, 0.5) is 0 Å². The Morgan fingerprint density at radius 2 is 2.33 bits per heavy atom. The van der Waals surface area contributed by atoms with E-state index in [1.54, 1.807) is 7.05 Å². The van der Waals surface area contributed by atoms with Crippen LogP contribution in [-0.2, 0) is 4.79 Å². The summed E-state index contributed by atoms with van der Waals surface area (Å²) >= 11 is 0. The highest BCUT2D eigenvalue weighted by atomic mass is 16.4. The number of hydrogen-bond donors (Lipinski definition) is 2. The van der Waals surface area contributed by atoms with Gasteiger partial charge in [-0.2, -0.15) is 0 Å². The number of carbonyl (C=O) groups is 1. The summed E-state index contributed by atoms with van der Waals surface area (Å²) in [6.45, 7) is 4.20. The fourth-order valence-corrected chi connectivity index (χ4v) is 2.44. The van der Waals surface area contributed by atoms with Gasteiger partial charge in [-0.1, -0.05) is 13.3 Å². The normalized spacial score (nSPS) is 25.1. The third-order valence-electron chi connectivity index (χ3n) is 3.14. The van der Waals surface area contributed by atoms with E-state index in [9.17, 15) is 4.79 Å². The number of carboxylic acid groups (broad SMARTS) is 1. The maximum atomic E-state index is 11.1. The van der Waals surface area contributed by atoms with E-state index in [0.29, 0.717) is 0 Å². The first-order chi connectivity index (χ1) is 7.20. The average Bonchev–Trinajstić information content (AvgIpc) is 2.21. The molecular weight excluding hydrogens is 192 g/mol. The lowest BCUT2D eigenvalue weighted by Crippen LogP contribution is -2.55.